The summed E-state index contributed by atoms with van der Waals surface area (Å²) in [6.45, 7) is 0.300. The molecule has 190 valence electrons. The molecular formula is C27H27N5O5. The Labute approximate surface area is 213 Å². The van der Waals surface area contributed by atoms with Gasteiger partial charge in [-0.3, -0.25) is 14.6 Å². The maximum absolute atomic E-state index is 12.6. The van der Waals surface area contributed by atoms with Gasteiger partial charge in [-0.2, -0.15) is 0 Å². The number of benzene rings is 3. The molecule has 0 saturated heterocycles. The van der Waals surface area contributed by atoms with Crippen LogP contribution in [-0.4, -0.2) is 32.0 Å². The number of methoxy groups -OCH3 is 2. The van der Waals surface area contributed by atoms with E-state index >= 15 is 0 Å². The molecule has 37 heavy (non-hydrogen) atoms. The molecule has 1 unspecified atom stereocenters. The topological polar surface area (TPSA) is 149 Å². The summed E-state index contributed by atoms with van der Waals surface area (Å²) in [5.41, 5.74) is 18.4. The van der Waals surface area contributed by atoms with Gasteiger partial charge in [0.25, 0.3) is 5.91 Å². The molecule has 0 spiro atoms. The summed E-state index contributed by atoms with van der Waals surface area (Å²) in [7, 11) is 2.82. The van der Waals surface area contributed by atoms with Gasteiger partial charge in [0, 0.05) is 6.54 Å². The SMILES string of the molecule is COC(=O)c1ccc(N2NC(c3ccc(CNC(=O)c4ccccc4OC)cc3)C(C(N)=O)=C2N)cc1. The molecule has 0 aromatic heterocycles. The molecule has 3 aromatic carbocycles. The largest absolute Gasteiger partial charge is 0.496 e. The second kappa shape index (κ2) is 10.8. The number of nitrogens with one attached hydrogen (secondary N) is 2. The van der Waals surface area contributed by atoms with E-state index in [0.717, 1.165) is 11.1 Å². The van der Waals surface area contributed by atoms with Crippen LogP contribution in [0.4, 0.5) is 5.69 Å². The molecule has 2 amide bonds. The van der Waals surface area contributed by atoms with E-state index in [1.165, 1.54) is 14.2 Å². The molecule has 1 atom stereocenters. The van der Waals surface area contributed by atoms with Crippen molar-refractivity contribution in [2.45, 2.75) is 12.6 Å². The average molecular weight is 502 g/mol. The maximum Gasteiger partial charge on any atom is 0.337 e. The first kappa shape index (κ1) is 25.3. The van der Waals surface area contributed by atoms with Gasteiger partial charge >= 0.3 is 5.97 Å². The standard InChI is InChI=1S/C27H27N5O5/c1-36-21-6-4-3-5-20(21)26(34)30-15-16-7-9-17(10-8-16)23-22(25(29)33)24(28)32(31-23)19-13-11-18(12-14-19)27(35)37-2/h3-14,23,31H,15,28H2,1-2H3,(H2,29,33)(H,30,34). The number of nitrogens with zero attached hydrogens (tertiary/aromatic N) is 1. The van der Waals surface area contributed by atoms with Crippen molar-refractivity contribution in [3.8, 4) is 5.75 Å². The molecule has 0 radical (unpaired) electrons. The molecule has 10 heteroatoms. The van der Waals surface area contributed by atoms with Crippen molar-refractivity contribution < 1.29 is 23.9 Å². The number of amides is 2. The Hall–Kier alpha value is -4.83. The normalized spacial score (nSPS) is 14.9. The highest BCUT2D eigenvalue weighted by molar-refractivity contribution is 5.97. The zero-order valence-corrected chi connectivity index (χ0v) is 20.4. The number of rotatable bonds is 8. The van der Waals surface area contributed by atoms with Gasteiger partial charge < -0.3 is 26.3 Å². The summed E-state index contributed by atoms with van der Waals surface area (Å²) < 4.78 is 9.97. The number of ether oxygens (including phenoxy) is 2. The lowest BCUT2D eigenvalue weighted by Gasteiger charge is -2.22. The van der Waals surface area contributed by atoms with Crippen LogP contribution in [0.5, 0.6) is 5.75 Å². The number of carbonyl (C=O) groups excluding carboxylic acids is 3. The van der Waals surface area contributed by atoms with Crippen LogP contribution in [0.1, 0.15) is 37.9 Å². The lowest BCUT2D eigenvalue weighted by Crippen LogP contribution is -2.36. The molecule has 3 aromatic rings. The summed E-state index contributed by atoms with van der Waals surface area (Å²) in [6.07, 6.45) is 0. The van der Waals surface area contributed by atoms with Crippen molar-refractivity contribution in [1.82, 2.24) is 10.7 Å². The Morgan fingerprint density at radius 1 is 0.973 bits per heavy atom. The number of para-hydroxylation sites is 1. The first-order chi connectivity index (χ1) is 17.8. The van der Waals surface area contributed by atoms with E-state index in [0.29, 0.717) is 29.1 Å². The second-order valence-corrected chi connectivity index (χ2v) is 8.22. The molecule has 1 aliphatic heterocycles. The average Bonchev–Trinajstić information content (AvgIpc) is 3.28. The molecule has 10 nitrogen and oxygen atoms in total. The Morgan fingerprint density at radius 2 is 1.65 bits per heavy atom. The number of anilines is 1. The number of primary amides is 1. The molecule has 0 bridgehead atoms. The highest BCUT2D eigenvalue weighted by Crippen LogP contribution is 2.33. The van der Waals surface area contributed by atoms with Gasteiger partial charge in [0.2, 0.25) is 5.91 Å². The molecule has 6 N–H and O–H groups in total. The minimum Gasteiger partial charge on any atom is -0.496 e. The fraction of sp³-hybridized carbons (Fsp3) is 0.148. The van der Waals surface area contributed by atoms with Crippen LogP contribution in [0, 0.1) is 0 Å². The van der Waals surface area contributed by atoms with Gasteiger partial charge in [-0.25, -0.2) is 10.2 Å². The highest BCUT2D eigenvalue weighted by atomic mass is 16.5. The van der Waals surface area contributed by atoms with Gasteiger partial charge in [0.1, 0.15) is 11.6 Å². The van der Waals surface area contributed by atoms with Crippen LogP contribution in [0.25, 0.3) is 0 Å². The van der Waals surface area contributed by atoms with Gasteiger partial charge in [-0.05, 0) is 47.5 Å². The van der Waals surface area contributed by atoms with E-state index in [4.69, 9.17) is 20.9 Å². The van der Waals surface area contributed by atoms with E-state index in [9.17, 15) is 14.4 Å². The van der Waals surface area contributed by atoms with Crippen molar-refractivity contribution >= 4 is 23.5 Å². The molecule has 0 fully saturated rings. The summed E-state index contributed by atoms with van der Waals surface area (Å²) in [5.74, 6) is -0.706. The van der Waals surface area contributed by atoms with Gasteiger partial charge in [-0.1, -0.05) is 36.4 Å². The van der Waals surface area contributed by atoms with E-state index in [-0.39, 0.29) is 17.3 Å². The van der Waals surface area contributed by atoms with E-state index < -0.39 is 17.9 Å². The van der Waals surface area contributed by atoms with E-state index in [2.05, 4.69) is 10.7 Å². The Kier molecular flexibility index (Phi) is 7.40. The second-order valence-electron chi connectivity index (χ2n) is 8.22. The fourth-order valence-corrected chi connectivity index (χ4v) is 4.06. The molecule has 1 aliphatic rings. The summed E-state index contributed by atoms with van der Waals surface area (Å²) in [4.78, 5) is 36.6. The molecule has 4 rings (SSSR count). The van der Waals surface area contributed by atoms with Crippen LogP contribution in [0.2, 0.25) is 0 Å². The van der Waals surface area contributed by atoms with Crippen molar-refractivity contribution in [2.24, 2.45) is 11.5 Å². The first-order valence-electron chi connectivity index (χ1n) is 11.4. The van der Waals surface area contributed by atoms with Gasteiger partial charge in [0.05, 0.1) is 42.6 Å². The molecule has 1 heterocycles. The van der Waals surface area contributed by atoms with Crippen LogP contribution in [-0.2, 0) is 16.1 Å². The predicted octanol–water partition coefficient (Wildman–Crippen LogP) is 2.13. The first-order valence-corrected chi connectivity index (χ1v) is 11.4. The minimum atomic E-state index is -0.656. The number of nitrogens with two attached hydrogens (primary N) is 2. The monoisotopic (exact) mass is 501 g/mol. The van der Waals surface area contributed by atoms with Crippen molar-refractivity contribution in [1.29, 1.82) is 0 Å². The number of hydrogen-bond donors (Lipinski definition) is 4. The third-order valence-electron chi connectivity index (χ3n) is 5.99. The lowest BCUT2D eigenvalue weighted by atomic mass is 9.98. The third-order valence-corrected chi connectivity index (χ3v) is 5.99. The van der Waals surface area contributed by atoms with Crippen LogP contribution in [0.15, 0.2) is 84.2 Å². The number of carbonyl (C=O) groups is 3. The number of hydrogen-bond acceptors (Lipinski definition) is 8. The van der Waals surface area contributed by atoms with Crippen molar-refractivity contribution in [3.05, 3.63) is 106 Å². The summed E-state index contributed by atoms with van der Waals surface area (Å²) in [6, 6.07) is 20.3. The highest BCUT2D eigenvalue weighted by Gasteiger charge is 2.35. The zero-order chi connectivity index (χ0) is 26.5. The quantitative estimate of drug-likeness (QED) is 0.343. The Morgan fingerprint density at radius 3 is 2.27 bits per heavy atom. The zero-order valence-electron chi connectivity index (χ0n) is 20.4. The maximum atomic E-state index is 12.6. The smallest absolute Gasteiger partial charge is 0.337 e. The summed E-state index contributed by atoms with van der Waals surface area (Å²) in [5, 5.41) is 4.43. The number of hydrazine groups is 1. The predicted molar refractivity (Wildman–Crippen MR) is 137 cm³/mol. The van der Waals surface area contributed by atoms with E-state index in [1.54, 1.807) is 53.5 Å². The minimum absolute atomic E-state index is 0.163. The van der Waals surface area contributed by atoms with E-state index in [1.807, 2.05) is 24.3 Å². The fourth-order valence-electron chi connectivity index (χ4n) is 4.06. The van der Waals surface area contributed by atoms with Crippen molar-refractivity contribution in [3.63, 3.8) is 0 Å². The van der Waals surface area contributed by atoms with Crippen molar-refractivity contribution in [2.75, 3.05) is 19.2 Å². The third kappa shape index (κ3) is 5.24. The van der Waals surface area contributed by atoms with Crippen LogP contribution in [0.3, 0.4) is 0 Å². The Bertz CT molecular complexity index is 1350. The molecule has 0 aliphatic carbocycles. The van der Waals surface area contributed by atoms with Crippen LogP contribution >= 0.6 is 0 Å². The molecule has 0 saturated carbocycles. The molecular weight excluding hydrogens is 474 g/mol. The van der Waals surface area contributed by atoms with Crippen LogP contribution < -0.4 is 32.0 Å². The summed E-state index contributed by atoms with van der Waals surface area (Å²) >= 11 is 0. The Balaban J connectivity index is 1.49. The van der Waals surface area contributed by atoms with Gasteiger partial charge in [-0.15, -0.1) is 0 Å². The lowest BCUT2D eigenvalue weighted by molar-refractivity contribution is -0.114. The van der Waals surface area contributed by atoms with Gasteiger partial charge in [0.15, 0.2) is 0 Å². The number of esters is 1.